The molecular weight excluding hydrogens is 186 g/mol. The van der Waals surface area contributed by atoms with E-state index in [0.29, 0.717) is 5.69 Å². The first-order valence-electron chi connectivity index (χ1n) is 3.98. The summed E-state index contributed by atoms with van der Waals surface area (Å²) in [6, 6.07) is 1.79. The number of aromatic amines is 1. The number of aldehydes is 1. The number of carbonyl (C=O) groups excluding carboxylic acids is 1. The summed E-state index contributed by atoms with van der Waals surface area (Å²) < 4.78 is 0. The maximum atomic E-state index is 10.5. The summed E-state index contributed by atoms with van der Waals surface area (Å²) >= 11 is 5.94. The fourth-order valence-electron chi connectivity index (χ4n) is 1.33. The highest BCUT2D eigenvalue weighted by atomic mass is 35.5. The molecule has 0 spiro atoms. The molecular formula is C10H8ClNO. The summed E-state index contributed by atoms with van der Waals surface area (Å²) in [4.78, 5) is 13.5. The van der Waals surface area contributed by atoms with Crippen molar-refractivity contribution in [2.75, 3.05) is 0 Å². The maximum absolute atomic E-state index is 10.5. The molecule has 1 aromatic rings. The summed E-state index contributed by atoms with van der Waals surface area (Å²) in [5.41, 5.74) is 0.580. The van der Waals surface area contributed by atoms with Crippen molar-refractivity contribution >= 4 is 30.0 Å². The molecule has 66 valence electrons. The zero-order valence-electron chi connectivity index (χ0n) is 6.83. The zero-order chi connectivity index (χ0) is 9.26. The second-order valence-corrected chi connectivity index (χ2v) is 3.38. The number of halogens is 1. The molecule has 0 aliphatic heterocycles. The molecule has 1 atom stereocenters. The van der Waals surface area contributed by atoms with Gasteiger partial charge in [-0.2, -0.15) is 0 Å². The molecule has 1 N–H and O–H groups in total. The fraction of sp³-hybridized carbons (Fsp3) is 0.100. The van der Waals surface area contributed by atoms with E-state index >= 15 is 0 Å². The van der Waals surface area contributed by atoms with Crippen molar-refractivity contribution in [1.29, 1.82) is 0 Å². The standard InChI is InChI=1S/C10H8ClNO/c11-8-2-1-3-10-7(4-8)5-9(6-13)12-10/h1-6,8,12H. The van der Waals surface area contributed by atoms with Crippen molar-refractivity contribution in [3.63, 3.8) is 0 Å². The van der Waals surface area contributed by atoms with Crippen LogP contribution in [0.5, 0.6) is 0 Å². The second-order valence-electron chi connectivity index (χ2n) is 2.87. The quantitative estimate of drug-likeness (QED) is 0.513. The molecule has 1 aliphatic carbocycles. The number of allylic oxidation sites excluding steroid dienone is 2. The molecule has 1 aromatic heterocycles. The van der Waals surface area contributed by atoms with Crippen LogP contribution in [-0.4, -0.2) is 16.6 Å². The van der Waals surface area contributed by atoms with Gasteiger partial charge in [-0.1, -0.05) is 18.2 Å². The van der Waals surface area contributed by atoms with Crippen LogP contribution >= 0.6 is 11.6 Å². The van der Waals surface area contributed by atoms with E-state index in [2.05, 4.69) is 4.98 Å². The van der Waals surface area contributed by atoms with Crippen LogP contribution in [0.1, 0.15) is 10.5 Å². The Kier molecular flexibility index (Phi) is 2.07. The number of hydrogen-bond acceptors (Lipinski definition) is 1. The third-order valence-corrected chi connectivity index (χ3v) is 2.20. The van der Waals surface area contributed by atoms with Crippen LogP contribution < -0.4 is 10.6 Å². The number of aromatic nitrogens is 1. The van der Waals surface area contributed by atoms with Crippen LogP contribution in [0.25, 0.3) is 12.2 Å². The first-order valence-corrected chi connectivity index (χ1v) is 4.42. The van der Waals surface area contributed by atoms with Crippen molar-refractivity contribution in [1.82, 2.24) is 4.98 Å². The molecule has 3 heteroatoms. The van der Waals surface area contributed by atoms with E-state index in [0.717, 1.165) is 16.9 Å². The summed E-state index contributed by atoms with van der Waals surface area (Å²) in [6.45, 7) is 0. The minimum absolute atomic E-state index is 0.104. The van der Waals surface area contributed by atoms with Crippen molar-refractivity contribution in [2.45, 2.75) is 5.38 Å². The Morgan fingerprint density at radius 1 is 1.54 bits per heavy atom. The summed E-state index contributed by atoms with van der Waals surface area (Å²) in [5, 5.41) is 1.81. The second kappa shape index (κ2) is 3.23. The Morgan fingerprint density at radius 3 is 3.15 bits per heavy atom. The van der Waals surface area contributed by atoms with Gasteiger partial charge in [0.1, 0.15) is 0 Å². The third kappa shape index (κ3) is 1.58. The third-order valence-electron chi connectivity index (χ3n) is 1.92. The van der Waals surface area contributed by atoms with Gasteiger partial charge in [0, 0.05) is 5.35 Å². The van der Waals surface area contributed by atoms with Gasteiger partial charge >= 0.3 is 0 Å². The Morgan fingerprint density at radius 2 is 2.38 bits per heavy atom. The van der Waals surface area contributed by atoms with E-state index in [1.54, 1.807) is 6.07 Å². The molecule has 1 aliphatic rings. The van der Waals surface area contributed by atoms with Gasteiger partial charge in [0.15, 0.2) is 6.29 Å². The minimum Gasteiger partial charge on any atom is -0.352 e. The van der Waals surface area contributed by atoms with Crippen LogP contribution in [-0.2, 0) is 0 Å². The van der Waals surface area contributed by atoms with Gasteiger partial charge in [-0.15, -0.1) is 11.6 Å². The number of alkyl halides is 1. The van der Waals surface area contributed by atoms with Gasteiger partial charge in [-0.05, 0) is 17.4 Å². The van der Waals surface area contributed by atoms with Crippen molar-refractivity contribution in [2.24, 2.45) is 0 Å². The highest BCUT2D eigenvalue weighted by Crippen LogP contribution is 2.00. The highest BCUT2D eigenvalue weighted by molar-refractivity contribution is 6.25. The van der Waals surface area contributed by atoms with E-state index in [1.165, 1.54) is 0 Å². The molecule has 0 saturated heterocycles. The first-order chi connectivity index (χ1) is 6.29. The summed E-state index contributed by atoms with van der Waals surface area (Å²) in [5.74, 6) is 0. The van der Waals surface area contributed by atoms with Crippen LogP contribution in [0, 0.1) is 0 Å². The summed E-state index contributed by atoms with van der Waals surface area (Å²) in [6.07, 6.45) is 8.37. The number of fused-ring (bicyclic) bond motifs is 1. The lowest BCUT2D eigenvalue weighted by molar-refractivity contribution is 0.111. The Balaban J connectivity index is 2.71. The van der Waals surface area contributed by atoms with Gasteiger partial charge in [0.2, 0.25) is 0 Å². The molecule has 0 bridgehead atoms. The topological polar surface area (TPSA) is 32.9 Å². The fourth-order valence-corrected chi connectivity index (χ4v) is 1.55. The average molecular weight is 194 g/mol. The van der Waals surface area contributed by atoms with Gasteiger partial charge in [-0.25, -0.2) is 0 Å². The smallest absolute Gasteiger partial charge is 0.166 e. The normalized spacial score (nSPS) is 19.6. The molecule has 1 heterocycles. The van der Waals surface area contributed by atoms with E-state index < -0.39 is 0 Å². The maximum Gasteiger partial charge on any atom is 0.166 e. The predicted octanol–water partition coefficient (Wildman–Crippen LogP) is 0.565. The Bertz CT molecular complexity index is 470. The lowest BCUT2D eigenvalue weighted by Crippen LogP contribution is -2.21. The average Bonchev–Trinajstić information content (AvgIpc) is 2.41. The number of hydrogen-bond donors (Lipinski definition) is 1. The van der Waals surface area contributed by atoms with Crippen LogP contribution in [0.3, 0.4) is 0 Å². The highest BCUT2D eigenvalue weighted by Gasteiger charge is 2.00. The molecule has 0 radical (unpaired) electrons. The van der Waals surface area contributed by atoms with Crippen LogP contribution in [0.4, 0.5) is 0 Å². The molecule has 2 nitrogen and oxygen atoms in total. The Hall–Kier alpha value is -1.28. The lowest BCUT2D eigenvalue weighted by atomic mass is 10.3. The number of rotatable bonds is 1. The van der Waals surface area contributed by atoms with E-state index in [4.69, 9.17) is 11.6 Å². The summed E-state index contributed by atoms with van der Waals surface area (Å²) in [7, 11) is 0. The molecule has 0 fully saturated rings. The Labute approximate surface area is 80.2 Å². The van der Waals surface area contributed by atoms with Crippen molar-refractivity contribution < 1.29 is 4.79 Å². The van der Waals surface area contributed by atoms with Gasteiger partial charge in [0.25, 0.3) is 0 Å². The van der Waals surface area contributed by atoms with Gasteiger partial charge < -0.3 is 4.98 Å². The van der Waals surface area contributed by atoms with E-state index in [-0.39, 0.29) is 5.38 Å². The molecule has 0 amide bonds. The van der Waals surface area contributed by atoms with Crippen molar-refractivity contribution in [3.05, 3.63) is 34.5 Å². The molecule has 0 saturated carbocycles. The number of carbonyl (C=O) groups is 1. The largest absolute Gasteiger partial charge is 0.352 e. The molecule has 13 heavy (non-hydrogen) atoms. The SMILES string of the molecule is O=Cc1cc2c([nH]1)=CC=CC(Cl)C=2. The zero-order valence-corrected chi connectivity index (χ0v) is 7.58. The molecule has 0 aromatic carbocycles. The number of nitrogens with one attached hydrogen (secondary N) is 1. The van der Waals surface area contributed by atoms with Crippen molar-refractivity contribution in [3.8, 4) is 0 Å². The lowest BCUT2D eigenvalue weighted by Gasteiger charge is -1.89. The van der Waals surface area contributed by atoms with E-state index in [9.17, 15) is 4.79 Å². The van der Waals surface area contributed by atoms with Crippen LogP contribution in [0.15, 0.2) is 18.2 Å². The predicted molar refractivity (Wildman–Crippen MR) is 53.1 cm³/mol. The minimum atomic E-state index is -0.104. The number of H-pyrrole nitrogens is 1. The van der Waals surface area contributed by atoms with Gasteiger partial charge in [-0.3, -0.25) is 4.79 Å². The van der Waals surface area contributed by atoms with Gasteiger partial charge in [0.05, 0.1) is 11.1 Å². The molecule has 2 rings (SSSR count). The van der Waals surface area contributed by atoms with E-state index in [1.807, 2.05) is 24.3 Å². The molecule has 1 unspecified atom stereocenters. The van der Waals surface area contributed by atoms with Crippen LogP contribution in [0.2, 0.25) is 0 Å². The first kappa shape index (κ1) is 8.32. The monoisotopic (exact) mass is 193 g/mol.